The van der Waals surface area contributed by atoms with Crippen molar-refractivity contribution in [1.82, 2.24) is 19.9 Å². The van der Waals surface area contributed by atoms with Crippen LogP contribution in [0.4, 0.5) is 0 Å². The standard InChI is InChI=1S/C12H14N4O3/c1-3-4-7-11(17)15-10(16-12(7)18)8-5-9(19-2)14-6-13-8/h5-6H,3-4H2,1-2H3,(H2,15,16,17,18). The number of aromatic hydroxyl groups is 1. The molecule has 0 radical (unpaired) electrons. The Morgan fingerprint density at radius 2 is 2.21 bits per heavy atom. The fraction of sp³-hybridized carbons (Fsp3) is 0.333. The topological polar surface area (TPSA) is 101 Å². The minimum absolute atomic E-state index is 0.183. The van der Waals surface area contributed by atoms with Crippen molar-refractivity contribution in [1.29, 1.82) is 0 Å². The summed E-state index contributed by atoms with van der Waals surface area (Å²) in [6.07, 6.45) is 2.52. The smallest absolute Gasteiger partial charge is 0.258 e. The van der Waals surface area contributed by atoms with E-state index < -0.39 is 0 Å². The first-order valence-electron chi connectivity index (χ1n) is 5.84. The van der Waals surface area contributed by atoms with Gasteiger partial charge in [-0.1, -0.05) is 13.3 Å². The molecule has 7 heteroatoms. The summed E-state index contributed by atoms with van der Waals surface area (Å²) in [7, 11) is 1.48. The number of aromatic amines is 1. The van der Waals surface area contributed by atoms with Gasteiger partial charge in [0.1, 0.15) is 12.0 Å². The van der Waals surface area contributed by atoms with Gasteiger partial charge in [0.05, 0.1) is 12.7 Å². The number of methoxy groups -OCH3 is 1. The molecular weight excluding hydrogens is 248 g/mol. The molecule has 0 spiro atoms. The first-order valence-corrected chi connectivity index (χ1v) is 5.84. The normalized spacial score (nSPS) is 10.4. The number of rotatable bonds is 4. The lowest BCUT2D eigenvalue weighted by molar-refractivity contribution is 0.397. The fourth-order valence-corrected chi connectivity index (χ4v) is 1.66. The van der Waals surface area contributed by atoms with Crippen LogP contribution < -0.4 is 10.3 Å². The third-order valence-corrected chi connectivity index (χ3v) is 2.59. The summed E-state index contributed by atoms with van der Waals surface area (Å²) >= 11 is 0. The molecule has 2 aromatic heterocycles. The van der Waals surface area contributed by atoms with E-state index in [0.717, 1.165) is 6.42 Å². The molecule has 7 nitrogen and oxygen atoms in total. The van der Waals surface area contributed by atoms with Crippen molar-refractivity contribution in [3.05, 3.63) is 28.3 Å². The van der Waals surface area contributed by atoms with E-state index in [1.54, 1.807) is 0 Å². The highest BCUT2D eigenvalue weighted by Crippen LogP contribution is 2.18. The third kappa shape index (κ3) is 2.70. The average molecular weight is 262 g/mol. The number of nitrogens with one attached hydrogen (secondary N) is 1. The Bertz CT molecular complexity index is 639. The number of hydrogen-bond acceptors (Lipinski definition) is 6. The molecule has 0 fully saturated rings. The molecule has 2 aromatic rings. The van der Waals surface area contributed by atoms with Crippen LogP contribution in [0.2, 0.25) is 0 Å². The summed E-state index contributed by atoms with van der Waals surface area (Å²) in [6.45, 7) is 1.92. The molecule has 0 aromatic carbocycles. The molecule has 0 saturated heterocycles. The lowest BCUT2D eigenvalue weighted by atomic mass is 10.2. The van der Waals surface area contributed by atoms with Crippen molar-refractivity contribution in [2.24, 2.45) is 0 Å². The van der Waals surface area contributed by atoms with Crippen LogP contribution in [0.5, 0.6) is 11.8 Å². The van der Waals surface area contributed by atoms with Gasteiger partial charge >= 0.3 is 0 Å². The maximum atomic E-state index is 11.8. The van der Waals surface area contributed by atoms with Crippen LogP contribution >= 0.6 is 0 Å². The van der Waals surface area contributed by atoms with Crippen LogP contribution in [0.1, 0.15) is 18.9 Å². The third-order valence-electron chi connectivity index (χ3n) is 2.59. The Balaban J connectivity index is 2.48. The van der Waals surface area contributed by atoms with Crippen molar-refractivity contribution in [2.75, 3.05) is 7.11 Å². The molecule has 0 atom stereocenters. The predicted octanol–water partition coefficient (Wildman–Crippen LogP) is 0.894. The van der Waals surface area contributed by atoms with Crippen molar-refractivity contribution >= 4 is 0 Å². The highest BCUT2D eigenvalue weighted by molar-refractivity contribution is 5.51. The van der Waals surface area contributed by atoms with E-state index in [0.29, 0.717) is 18.0 Å². The molecule has 2 rings (SSSR count). The molecule has 0 bridgehead atoms. The van der Waals surface area contributed by atoms with Gasteiger partial charge in [0, 0.05) is 6.07 Å². The number of hydrogen-bond donors (Lipinski definition) is 2. The minimum Gasteiger partial charge on any atom is -0.493 e. The molecule has 0 aliphatic heterocycles. The van der Waals surface area contributed by atoms with Crippen LogP contribution in [-0.4, -0.2) is 32.2 Å². The fourth-order valence-electron chi connectivity index (χ4n) is 1.66. The zero-order valence-electron chi connectivity index (χ0n) is 10.7. The van der Waals surface area contributed by atoms with Gasteiger partial charge in [-0.25, -0.2) is 9.97 Å². The number of ether oxygens (including phenoxy) is 1. The molecule has 0 aliphatic carbocycles. The van der Waals surface area contributed by atoms with E-state index >= 15 is 0 Å². The zero-order valence-corrected chi connectivity index (χ0v) is 10.7. The zero-order chi connectivity index (χ0) is 13.8. The van der Waals surface area contributed by atoms with E-state index in [1.165, 1.54) is 19.5 Å². The lowest BCUT2D eigenvalue weighted by Crippen LogP contribution is -2.15. The van der Waals surface area contributed by atoms with Gasteiger partial charge in [-0.05, 0) is 6.42 Å². The van der Waals surface area contributed by atoms with Crippen LogP contribution in [0.25, 0.3) is 11.5 Å². The summed E-state index contributed by atoms with van der Waals surface area (Å²) in [6, 6.07) is 1.53. The minimum atomic E-state index is -0.359. The Hall–Kier alpha value is -2.44. The molecule has 0 aliphatic rings. The highest BCUT2D eigenvalue weighted by Gasteiger charge is 2.12. The molecular formula is C12H14N4O3. The van der Waals surface area contributed by atoms with E-state index in [2.05, 4.69) is 19.9 Å². The van der Waals surface area contributed by atoms with Crippen LogP contribution in [0.3, 0.4) is 0 Å². The summed E-state index contributed by atoms with van der Waals surface area (Å²) in [5.74, 6) is 0.269. The molecule has 0 unspecified atom stereocenters. The second-order valence-electron chi connectivity index (χ2n) is 3.91. The van der Waals surface area contributed by atoms with Gasteiger partial charge in [-0.3, -0.25) is 4.79 Å². The number of H-pyrrole nitrogens is 1. The Morgan fingerprint density at radius 1 is 1.42 bits per heavy atom. The van der Waals surface area contributed by atoms with Gasteiger partial charge in [0.2, 0.25) is 11.8 Å². The molecule has 0 amide bonds. The highest BCUT2D eigenvalue weighted by atomic mass is 16.5. The Labute approximate surface area is 109 Å². The van der Waals surface area contributed by atoms with E-state index in [9.17, 15) is 9.90 Å². The van der Waals surface area contributed by atoms with E-state index in [1.807, 2.05) is 6.92 Å². The maximum Gasteiger partial charge on any atom is 0.258 e. The van der Waals surface area contributed by atoms with Gasteiger partial charge in [-0.2, -0.15) is 4.98 Å². The van der Waals surface area contributed by atoms with E-state index in [-0.39, 0.29) is 22.8 Å². The van der Waals surface area contributed by atoms with Crippen molar-refractivity contribution in [3.63, 3.8) is 0 Å². The predicted molar refractivity (Wildman–Crippen MR) is 68.1 cm³/mol. The van der Waals surface area contributed by atoms with Gasteiger partial charge in [-0.15, -0.1) is 0 Å². The van der Waals surface area contributed by atoms with Crippen molar-refractivity contribution in [3.8, 4) is 23.3 Å². The Morgan fingerprint density at radius 3 is 2.84 bits per heavy atom. The largest absolute Gasteiger partial charge is 0.493 e. The second-order valence-corrected chi connectivity index (χ2v) is 3.91. The SMILES string of the molecule is CCCc1c(O)nc(-c2cc(OC)ncn2)[nH]c1=O. The van der Waals surface area contributed by atoms with Gasteiger partial charge < -0.3 is 14.8 Å². The summed E-state index contributed by atoms with van der Waals surface area (Å²) in [5.41, 5.74) is 0.302. The maximum absolute atomic E-state index is 11.8. The quantitative estimate of drug-likeness (QED) is 0.848. The first-order chi connectivity index (χ1) is 9.15. The molecule has 19 heavy (non-hydrogen) atoms. The Kier molecular flexibility index (Phi) is 3.74. The average Bonchev–Trinajstić information content (AvgIpc) is 2.42. The van der Waals surface area contributed by atoms with Crippen molar-refractivity contribution < 1.29 is 9.84 Å². The van der Waals surface area contributed by atoms with Gasteiger partial charge in [0.25, 0.3) is 5.56 Å². The van der Waals surface area contributed by atoms with Gasteiger partial charge in [0.15, 0.2) is 5.82 Å². The molecule has 2 N–H and O–H groups in total. The molecule has 0 saturated carbocycles. The lowest BCUT2D eigenvalue weighted by Gasteiger charge is -2.05. The second kappa shape index (κ2) is 5.47. The summed E-state index contributed by atoms with van der Waals surface area (Å²) < 4.78 is 4.97. The molecule has 2 heterocycles. The van der Waals surface area contributed by atoms with Crippen LogP contribution in [-0.2, 0) is 6.42 Å². The molecule has 100 valence electrons. The number of aromatic nitrogens is 4. The number of nitrogens with zero attached hydrogens (tertiary/aromatic N) is 3. The van der Waals surface area contributed by atoms with Crippen LogP contribution in [0.15, 0.2) is 17.2 Å². The van der Waals surface area contributed by atoms with Crippen LogP contribution in [0, 0.1) is 0 Å². The first kappa shape index (κ1) is 13.0. The van der Waals surface area contributed by atoms with E-state index in [4.69, 9.17) is 4.74 Å². The summed E-state index contributed by atoms with van der Waals surface area (Å²) in [4.78, 5) is 26.2. The monoisotopic (exact) mass is 262 g/mol. The summed E-state index contributed by atoms with van der Waals surface area (Å²) in [5, 5.41) is 9.79. The van der Waals surface area contributed by atoms with Crippen molar-refractivity contribution in [2.45, 2.75) is 19.8 Å².